The maximum Gasteiger partial charge on any atom is 0.304 e. The highest BCUT2D eigenvalue weighted by Gasteiger charge is 2.36. The van der Waals surface area contributed by atoms with Gasteiger partial charge in [-0.3, -0.25) is 9.59 Å². The lowest BCUT2D eigenvalue weighted by atomic mass is 10.0. The van der Waals surface area contributed by atoms with Gasteiger partial charge < -0.3 is 10.2 Å². The molecule has 3 aromatic carbocycles. The molecule has 0 heterocycles. The van der Waals surface area contributed by atoms with Crippen LogP contribution < -0.4 is 9.62 Å². The Morgan fingerprint density at radius 3 is 2.24 bits per heavy atom. The van der Waals surface area contributed by atoms with Crippen molar-refractivity contribution in [3.8, 4) is 0 Å². The molecule has 1 N–H and O–H groups in total. The summed E-state index contributed by atoms with van der Waals surface area (Å²) in [7, 11) is -1.67. The number of anilines is 1. The maximum atomic E-state index is 14.9. The van der Waals surface area contributed by atoms with Crippen LogP contribution in [-0.2, 0) is 32.8 Å². The number of halogens is 2. The van der Waals surface area contributed by atoms with Gasteiger partial charge in [0.2, 0.25) is 11.8 Å². The van der Waals surface area contributed by atoms with Gasteiger partial charge in [-0.2, -0.15) is 12.7 Å². The highest BCUT2D eigenvalue weighted by Crippen LogP contribution is 2.25. The Balaban J connectivity index is 1.76. The third-order valence-electron chi connectivity index (χ3n) is 7.35. The van der Waals surface area contributed by atoms with E-state index in [-0.39, 0.29) is 30.6 Å². The average Bonchev–Trinajstić information content (AvgIpc) is 3.47. The van der Waals surface area contributed by atoms with E-state index >= 15 is 0 Å². The summed E-state index contributed by atoms with van der Waals surface area (Å²) in [6.45, 7) is -0.730. The van der Waals surface area contributed by atoms with Crippen LogP contribution in [0.15, 0.2) is 78.9 Å². The van der Waals surface area contributed by atoms with Crippen LogP contribution in [0.5, 0.6) is 0 Å². The molecule has 1 aliphatic rings. The van der Waals surface area contributed by atoms with Crippen molar-refractivity contribution in [2.24, 2.45) is 0 Å². The van der Waals surface area contributed by atoms with Crippen LogP contribution in [-0.4, -0.2) is 62.2 Å². The largest absolute Gasteiger partial charge is 0.352 e. The molecule has 0 saturated heterocycles. The molecule has 0 unspecified atom stereocenters. The fraction of sp³-hybridized carbons (Fsp3) is 0.355. The zero-order chi connectivity index (χ0) is 30.3. The normalized spacial score (nSPS) is 14.5. The number of hydrogen-bond acceptors (Lipinski definition) is 4. The molecule has 4 rings (SSSR count). The summed E-state index contributed by atoms with van der Waals surface area (Å²) in [4.78, 5) is 29.5. The van der Waals surface area contributed by atoms with Crippen LogP contribution in [0.3, 0.4) is 0 Å². The Kier molecular flexibility index (Phi) is 10.6. The van der Waals surface area contributed by atoms with Gasteiger partial charge in [-0.25, -0.2) is 8.70 Å². The standard InChI is InChI=1S/C31H36ClFN4O4S/c1-35(2)42(40,41)37(28-18-9-8-17-27(28)33)22-30(38)36(21-24-13-10-14-25(32)19-24)29(20-23-11-4-3-5-12-23)31(39)34-26-15-6-7-16-26/h3-5,8-14,17-19,26,29H,6-7,15-16,20-22H2,1-2H3,(H,34,39)/t29-/m0/s1. The van der Waals surface area contributed by atoms with Crippen molar-refractivity contribution in [2.45, 2.75) is 50.7 Å². The summed E-state index contributed by atoms with van der Waals surface area (Å²) < 4.78 is 43.4. The third kappa shape index (κ3) is 7.87. The summed E-state index contributed by atoms with van der Waals surface area (Å²) in [5.74, 6) is -1.78. The van der Waals surface area contributed by atoms with Crippen LogP contribution in [0, 0.1) is 5.82 Å². The molecular formula is C31H36ClFN4O4S. The van der Waals surface area contributed by atoms with E-state index in [9.17, 15) is 22.4 Å². The smallest absolute Gasteiger partial charge is 0.304 e. The van der Waals surface area contributed by atoms with Gasteiger partial charge in [0.05, 0.1) is 5.69 Å². The number of nitrogens with one attached hydrogen (secondary N) is 1. The second kappa shape index (κ2) is 14.1. The Morgan fingerprint density at radius 1 is 0.952 bits per heavy atom. The fourth-order valence-corrected chi connectivity index (χ4v) is 6.39. The van der Waals surface area contributed by atoms with Gasteiger partial charge in [0.25, 0.3) is 0 Å². The lowest BCUT2D eigenvalue weighted by Crippen LogP contribution is -2.55. The highest BCUT2D eigenvalue weighted by molar-refractivity contribution is 7.90. The number of nitrogens with zero attached hydrogens (tertiary/aromatic N) is 3. The van der Waals surface area contributed by atoms with Crippen molar-refractivity contribution >= 4 is 39.3 Å². The van der Waals surface area contributed by atoms with Gasteiger partial charge in [0.15, 0.2) is 0 Å². The molecule has 0 spiro atoms. The molecule has 0 aliphatic heterocycles. The molecule has 42 heavy (non-hydrogen) atoms. The lowest BCUT2D eigenvalue weighted by Gasteiger charge is -2.35. The summed E-state index contributed by atoms with van der Waals surface area (Å²) >= 11 is 6.25. The molecule has 1 aliphatic carbocycles. The molecule has 0 radical (unpaired) electrons. The first-order valence-corrected chi connectivity index (χ1v) is 15.7. The van der Waals surface area contributed by atoms with Crippen LogP contribution in [0.4, 0.5) is 10.1 Å². The van der Waals surface area contributed by atoms with Crippen LogP contribution in [0.25, 0.3) is 0 Å². The Hall–Kier alpha value is -3.47. The fourth-order valence-electron chi connectivity index (χ4n) is 5.11. The third-order valence-corrected chi connectivity index (χ3v) is 9.40. The molecule has 1 saturated carbocycles. The predicted octanol–water partition coefficient (Wildman–Crippen LogP) is 4.79. The van der Waals surface area contributed by atoms with Gasteiger partial charge in [-0.1, -0.05) is 79.0 Å². The van der Waals surface area contributed by atoms with E-state index in [0.717, 1.165) is 45.9 Å². The van der Waals surface area contributed by atoms with E-state index in [0.29, 0.717) is 10.6 Å². The molecule has 224 valence electrons. The molecule has 8 nitrogen and oxygen atoms in total. The van der Waals surface area contributed by atoms with E-state index < -0.39 is 34.5 Å². The van der Waals surface area contributed by atoms with Crippen molar-refractivity contribution < 1.29 is 22.4 Å². The number of rotatable bonds is 12. The van der Waals surface area contributed by atoms with Crippen molar-refractivity contribution in [3.05, 3.63) is 101 Å². The van der Waals surface area contributed by atoms with E-state index in [1.165, 1.54) is 37.2 Å². The zero-order valence-electron chi connectivity index (χ0n) is 23.7. The first-order chi connectivity index (χ1) is 20.1. The first-order valence-electron chi connectivity index (χ1n) is 13.9. The molecule has 3 aromatic rings. The van der Waals surface area contributed by atoms with E-state index in [1.807, 2.05) is 30.3 Å². The second-order valence-electron chi connectivity index (χ2n) is 10.6. The van der Waals surface area contributed by atoms with E-state index in [4.69, 9.17) is 11.6 Å². The quantitative estimate of drug-likeness (QED) is 0.318. The van der Waals surface area contributed by atoms with Crippen LogP contribution in [0.2, 0.25) is 5.02 Å². The van der Waals surface area contributed by atoms with Gasteiger partial charge in [0.1, 0.15) is 18.4 Å². The minimum absolute atomic E-state index is 0.00271. The molecule has 1 fully saturated rings. The molecule has 1 atom stereocenters. The topological polar surface area (TPSA) is 90.0 Å². The number of amides is 2. The molecule has 2 amide bonds. The first kappa shape index (κ1) is 31.5. The number of para-hydroxylation sites is 1. The number of benzene rings is 3. The monoisotopic (exact) mass is 614 g/mol. The van der Waals surface area contributed by atoms with Crippen molar-refractivity contribution in [2.75, 3.05) is 24.9 Å². The lowest BCUT2D eigenvalue weighted by molar-refractivity contribution is -0.140. The van der Waals surface area contributed by atoms with E-state index in [1.54, 1.807) is 24.3 Å². The van der Waals surface area contributed by atoms with Gasteiger partial charge >= 0.3 is 10.2 Å². The highest BCUT2D eigenvalue weighted by atomic mass is 35.5. The molecule has 0 aromatic heterocycles. The second-order valence-corrected chi connectivity index (χ2v) is 13.1. The Morgan fingerprint density at radius 2 is 1.60 bits per heavy atom. The van der Waals surface area contributed by atoms with Crippen molar-refractivity contribution in [3.63, 3.8) is 0 Å². The Bertz CT molecular complexity index is 1480. The predicted molar refractivity (Wildman–Crippen MR) is 163 cm³/mol. The summed E-state index contributed by atoms with van der Waals surface area (Å²) in [5.41, 5.74) is 1.23. The van der Waals surface area contributed by atoms with Crippen molar-refractivity contribution in [1.82, 2.24) is 14.5 Å². The van der Waals surface area contributed by atoms with E-state index in [2.05, 4.69) is 5.32 Å². The van der Waals surface area contributed by atoms with Gasteiger partial charge in [-0.05, 0) is 48.2 Å². The SMILES string of the molecule is CN(C)S(=O)(=O)N(CC(=O)N(Cc1cccc(Cl)c1)[C@@H](Cc1ccccc1)C(=O)NC1CCCC1)c1ccccc1F. The summed E-state index contributed by atoms with van der Waals surface area (Å²) in [6.07, 6.45) is 3.94. The number of carbonyl (C=O) groups is 2. The number of hydrogen-bond donors (Lipinski definition) is 1. The summed E-state index contributed by atoms with van der Waals surface area (Å²) in [5, 5.41) is 3.57. The average molecular weight is 615 g/mol. The maximum absolute atomic E-state index is 14.9. The van der Waals surface area contributed by atoms with Crippen molar-refractivity contribution in [1.29, 1.82) is 0 Å². The summed E-state index contributed by atoms with van der Waals surface area (Å²) in [6, 6.07) is 20.7. The van der Waals surface area contributed by atoms with Gasteiger partial charge in [-0.15, -0.1) is 0 Å². The molecule has 0 bridgehead atoms. The molecular weight excluding hydrogens is 579 g/mol. The zero-order valence-corrected chi connectivity index (χ0v) is 25.3. The van der Waals surface area contributed by atoms with Gasteiger partial charge in [0, 0.05) is 38.1 Å². The number of carbonyl (C=O) groups excluding carboxylic acids is 2. The van der Waals surface area contributed by atoms with Crippen LogP contribution in [0.1, 0.15) is 36.8 Å². The molecule has 11 heteroatoms. The van der Waals surface area contributed by atoms with Crippen LogP contribution >= 0.6 is 11.6 Å². The minimum Gasteiger partial charge on any atom is -0.352 e. The Labute approximate surface area is 252 Å². The minimum atomic E-state index is -4.29.